The van der Waals surface area contributed by atoms with Gasteiger partial charge >= 0.3 is 5.97 Å². The summed E-state index contributed by atoms with van der Waals surface area (Å²) in [4.78, 5) is 37.9. The molecule has 7 nitrogen and oxygen atoms in total. The van der Waals surface area contributed by atoms with Gasteiger partial charge in [-0.15, -0.1) is 0 Å². The van der Waals surface area contributed by atoms with Gasteiger partial charge in [-0.1, -0.05) is 60.7 Å². The number of rotatable bonds is 5. The monoisotopic (exact) mass is 456 g/mol. The molecule has 4 rings (SSSR count). The van der Waals surface area contributed by atoms with Crippen molar-refractivity contribution in [2.45, 2.75) is 32.9 Å². The molecule has 4 aromatic rings. The van der Waals surface area contributed by atoms with Crippen molar-refractivity contribution in [1.29, 1.82) is 0 Å². The number of hydrogen-bond donors (Lipinski definition) is 0. The minimum atomic E-state index is -0.834. The highest BCUT2D eigenvalue weighted by atomic mass is 16.6. The molecule has 1 heterocycles. The first-order chi connectivity index (χ1) is 16.2. The van der Waals surface area contributed by atoms with Crippen molar-refractivity contribution in [1.82, 2.24) is 4.57 Å². The smallest absolute Gasteiger partial charge is 0.344 e. The van der Waals surface area contributed by atoms with Crippen molar-refractivity contribution in [2.24, 2.45) is 0 Å². The van der Waals surface area contributed by atoms with Crippen molar-refractivity contribution >= 4 is 22.6 Å². The van der Waals surface area contributed by atoms with E-state index in [9.17, 15) is 19.7 Å². The second kappa shape index (κ2) is 8.94. The number of esters is 1. The zero-order valence-corrected chi connectivity index (χ0v) is 19.1. The summed E-state index contributed by atoms with van der Waals surface area (Å²) in [6.07, 6.45) is 0. The van der Waals surface area contributed by atoms with E-state index in [0.717, 1.165) is 5.56 Å². The molecule has 1 aromatic heterocycles. The molecular formula is C27H24N2O5. The third-order valence-corrected chi connectivity index (χ3v) is 5.29. The van der Waals surface area contributed by atoms with Crippen molar-refractivity contribution in [3.05, 3.63) is 110 Å². The predicted molar refractivity (Wildman–Crippen MR) is 131 cm³/mol. The Labute approximate surface area is 196 Å². The van der Waals surface area contributed by atoms with Gasteiger partial charge in [-0.05, 0) is 38.0 Å². The van der Waals surface area contributed by atoms with E-state index >= 15 is 0 Å². The zero-order valence-electron chi connectivity index (χ0n) is 19.1. The number of pyridine rings is 1. The second-order valence-electron chi connectivity index (χ2n) is 8.95. The number of hydrogen-bond acceptors (Lipinski definition) is 5. The van der Waals surface area contributed by atoms with Crippen LogP contribution in [0.25, 0.3) is 22.2 Å². The molecule has 0 saturated carbocycles. The van der Waals surface area contributed by atoms with Crippen molar-refractivity contribution < 1.29 is 14.5 Å². The molecule has 0 fully saturated rings. The Morgan fingerprint density at radius 1 is 0.971 bits per heavy atom. The summed E-state index contributed by atoms with van der Waals surface area (Å²) < 4.78 is 7.46. The summed E-state index contributed by atoms with van der Waals surface area (Å²) in [6, 6.07) is 22.9. The second-order valence-corrected chi connectivity index (χ2v) is 8.95. The van der Waals surface area contributed by atoms with Gasteiger partial charge in [-0.3, -0.25) is 14.9 Å². The lowest BCUT2D eigenvalue weighted by atomic mass is 10.00. The summed E-state index contributed by atoms with van der Waals surface area (Å²) >= 11 is 0. The van der Waals surface area contributed by atoms with Crippen LogP contribution >= 0.6 is 0 Å². The third kappa shape index (κ3) is 4.59. The van der Waals surface area contributed by atoms with Gasteiger partial charge < -0.3 is 9.30 Å². The van der Waals surface area contributed by atoms with Gasteiger partial charge in [0, 0.05) is 18.7 Å². The molecule has 0 radical (unpaired) electrons. The molecule has 0 N–H and O–H groups in total. The molecule has 0 atom stereocenters. The quantitative estimate of drug-likeness (QED) is 0.222. The Kier molecular flexibility index (Phi) is 6.03. The van der Waals surface area contributed by atoms with Gasteiger partial charge in [0.2, 0.25) is 5.43 Å². The minimum Gasteiger partial charge on any atom is -0.456 e. The maximum absolute atomic E-state index is 13.7. The lowest BCUT2D eigenvalue weighted by Crippen LogP contribution is -2.30. The lowest BCUT2D eigenvalue weighted by molar-refractivity contribution is -0.384. The van der Waals surface area contributed by atoms with E-state index in [1.165, 1.54) is 12.1 Å². The molecule has 0 aliphatic rings. The molecule has 0 aliphatic carbocycles. The van der Waals surface area contributed by atoms with Crippen LogP contribution in [-0.4, -0.2) is 21.1 Å². The fourth-order valence-electron chi connectivity index (χ4n) is 3.90. The Balaban J connectivity index is 2.13. The van der Waals surface area contributed by atoms with E-state index in [1.54, 1.807) is 26.8 Å². The van der Waals surface area contributed by atoms with Crippen LogP contribution in [0.1, 0.15) is 36.7 Å². The first-order valence-electron chi connectivity index (χ1n) is 10.8. The van der Waals surface area contributed by atoms with Crippen LogP contribution in [0.4, 0.5) is 5.69 Å². The van der Waals surface area contributed by atoms with E-state index in [0.29, 0.717) is 23.3 Å². The fourth-order valence-corrected chi connectivity index (χ4v) is 3.90. The van der Waals surface area contributed by atoms with Crippen LogP contribution in [0.5, 0.6) is 0 Å². The Morgan fingerprint density at radius 3 is 2.18 bits per heavy atom. The average molecular weight is 456 g/mol. The summed E-state index contributed by atoms with van der Waals surface area (Å²) in [7, 11) is 0. The summed E-state index contributed by atoms with van der Waals surface area (Å²) in [5.41, 5.74) is 0.699. The number of carbonyl (C=O) groups excluding carboxylic acids is 1. The Morgan fingerprint density at radius 2 is 1.59 bits per heavy atom. The summed E-state index contributed by atoms with van der Waals surface area (Å²) in [5.74, 6) is -0.772. The molecule has 0 amide bonds. The van der Waals surface area contributed by atoms with Gasteiger partial charge in [-0.2, -0.15) is 0 Å². The molecule has 0 aliphatic heterocycles. The van der Waals surface area contributed by atoms with Crippen LogP contribution in [0.3, 0.4) is 0 Å². The summed E-state index contributed by atoms with van der Waals surface area (Å²) in [5, 5.41) is 11.5. The minimum absolute atomic E-state index is 0.0886. The van der Waals surface area contributed by atoms with Gasteiger partial charge in [0.25, 0.3) is 5.69 Å². The van der Waals surface area contributed by atoms with Gasteiger partial charge in [-0.25, -0.2) is 4.79 Å². The summed E-state index contributed by atoms with van der Waals surface area (Å²) in [6.45, 7) is 5.51. The first kappa shape index (κ1) is 22.9. The molecule has 0 unspecified atom stereocenters. The molecule has 7 heteroatoms. The molecule has 172 valence electrons. The van der Waals surface area contributed by atoms with E-state index < -0.39 is 21.9 Å². The molecular weight excluding hydrogens is 432 g/mol. The molecule has 3 aromatic carbocycles. The van der Waals surface area contributed by atoms with Crippen molar-refractivity contribution in [3.63, 3.8) is 0 Å². The Hall–Kier alpha value is -4.26. The fraction of sp³-hybridized carbons (Fsp3) is 0.185. The Bertz CT molecular complexity index is 1440. The molecule has 34 heavy (non-hydrogen) atoms. The third-order valence-electron chi connectivity index (χ3n) is 5.29. The average Bonchev–Trinajstić information content (AvgIpc) is 2.80. The van der Waals surface area contributed by atoms with Gasteiger partial charge in [0.1, 0.15) is 11.2 Å². The van der Waals surface area contributed by atoms with Gasteiger partial charge in [0.05, 0.1) is 21.5 Å². The van der Waals surface area contributed by atoms with Crippen LogP contribution in [-0.2, 0) is 11.3 Å². The van der Waals surface area contributed by atoms with E-state index in [-0.39, 0.29) is 16.6 Å². The van der Waals surface area contributed by atoms with Crippen LogP contribution in [0, 0.1) is 10.1 Å². The molecule has 0 saturated heterocycles. The standard InChI is InChI=1S/C27H24N2O5/c1-27(2,3)34-26(31)23-24(19-12-8-5-9-13-19)28(17-18-10-6-4-7-11-18)22-15-14-20(29(32)33)16-21(22)25(23)30/h4-16H,17H2,1-3H3. The SMILES string of the molecule is CC(C)(C)OC(=O)c1c(-c2ccccc2)n(Cc2ccccc2)c2ccc([N+](=O)[O-])cc2c1=O. The lowest BCUT2D eigenvalue weighted by Gasteiger charge is -2.23. The van der Waals surface area contributed by atoms with Crippen LogP contribution < -0.4 is 5.43 Å². The highest BCUT2D eigenvalue weighted by Gasteiger charge is 2.28. The van der Waals surface area contributed by atoms with Gasteiger partial charge in [0.15, 0.2) is 0 Å². The van der Waals surface area contributed by atoms with E-state index in [1.807, 2.05) is 65.2 Å². The normalized spacial score (nSPS) is 11.4. The number of nitrogens with zero attached hydrogens (tertiary/aromatic N) is 2. The largest absolute Gasteiger partial charge is 0.456 e. The number of carbonyl (C=O) groups is 1. The number of ether oxygens (including phenoxy) is 1. The first-order valence-corrected chi connectivity index (χ1v) is 10.8. The van der Waals surface area contributed by atoms with Crippen molar-refractivity contribution in [3.8, 4) is 11.3 Å². The van der Waals surface area contributed by atoms with Crippen LogP contribution in [0.15, 0.2) is 83.7 Å². The highest BCUT2D eigenvalue weighted by Crippen LogP contribution is 2.30. The highest BCUT2D eigenvalue weighted by molar-refractivity contribution is 6.01. The maximum Gasteiger partial charge on any atom is 0.344 e. The predicted octanol–water partition coefficient (Wildman–Crippen LogP) is 5.58. The van der Waals surface area contributed by atoms with E-state index in [2.05, 4.69) is 0 Å². The number of non-ortho nitro benzene ring substituents is 1. The molecule has 0 bridgehead atoms. The molecule has 0 spiro atoms. The number of fused-ring (bicyclic) bond motifs is 1. The number of benzene rings is 3. The van der Waals surface area contributed by atoms with Crippen LogP contribution in [0.2, 0.25) is 0 Å². The maximum atomic E-state index is 13.7. The number of nitro groups is 1. The number of aromatic nitrogens is 1. The topological polar surface area (TPSA) is 91.4 Å². The zero-order chi connectivity index (χ0) is 24.5. The van der Waals surface area contributed by atoms with Crippen molar-refractivity contribution in [2.75, 3.05) is 0 Å². The van der Waals surface area contributed by atoms with E-state index in [4.69, 9.17) is 4.74 Å². The number of nitro benzene ring substituents is 1.